The number of amides is 1. The Morgan fingerprint density at radius 2 is 1.75 bits per heavy atom. The van der Waals surface area contributed by atoms with Gasteiger partial charge in [0.15, 0.2) is 5.65 Å². The summed E-state index contributed by atoms with van der Waals surface area (Å²) in [6, 6.07) is 16.7. The van der Waals surface area contributed by atoms with Crippen LogP contribution in [0.2, 0.25) is 0 Å². The number of aryl methyl sites for hydroxylation is 1. The molecule has 5 aromatic rings. The standard InChI is InChI=1S/C24H17FN6O/c1-15-13-18(9-11-26-15)24(32)29-20-14-17(8-12-27-20)23-22(16-4-6-19(25)7-5-16)30-21-3-2-10-28-31(21)23/h2-14H,1H3,(H,27,29,32). The quantitative estimate of drug-likeness (QED) is 0.457. The maximum atomic E-state index is 13.5. The van der Waals surface area contributed by atoms with Crippen LogP contribution in [0.3, 0.4) is 0 Å². The Hall–Kier alpha value is -4.46. The van der Waals surface area contributed by atoms with Crippen molar-refractivity contribution in [3.8, 4) is 22.5 Å². The molecule has 0 bridgehead atoms. The van der Waals surface area contributed by atoms with Gasteiger partial charge < -0.3 is 5.32 Å². The first-order valence-electron chi connectivity index (χ1n) is 9.88. The smallest absolute Gasteiger partial charge is 0.256 e. The van der Waals surface area contributed by atoms with Crippen LogP contribution in [0.5, 0.6) is 0 Å². The van der Waals surface area contributed by atoms with Crippen LogP contribution in [0.25, 0.3) is 28.2 Å². The highest BCUT2D eigenvalue weighted by Gasteiger charge is 2.18. The zero-order valence-corrected chi connectivity index (χ0v) is 17.0. The second-order valence-corrected chi connectivity index (χ2v) is 7.18. The predicted octanol–water partition coefficient (Wildman–Crippen LogP) is 4.55. The molecule has 0 unspecified atom stereocenters. The Labute approximate surface area is 182 Å². The van der Waals surface area contributed by atoms with E-state index in [1.165, 1.54) is 12.1 Å². The minimum Gasteiger partial charge on any atom is -0.307 e. The number of benzene rings is 1. The number of pyridine rings is 2. The Bertz CT molecular complexity index is 1440. The van der Waals surface area contributed by atoms with Crippen LogP contribution < -0.4 is 5.32 Å². The van der Waals surface area contributed by atoms with Gasteiger partial charge in [0.05, 0.1) is 5.69 Å². The summed E-state index contributed by atoms with van der Waals surface area (Å²) in [5.74, 6) is -0.217. The maximum absolute atomic E-state index is 13.5. The number of halogens is 1. The summed E-state index contributed by atoms with van der Waals surface area (Å²) < 4.78 is 15.2. The van der Waals surface area contributed by atoms with E-state index >= 15 is 0 Å². The molecular formula is C24H17FN6O. The van der Waals surface area contributed by atoms with Crippen LogP contribution in [-0.2, 0) is 0 Å². The molecule has 156 valence electrons. The Balaban J connectivity index is 1.58. The van der Waals surface area contributed by atoms with Crippen LogP contribution in [-0.4, -0.2) is 30.5 Å². The molecule has 0 aliphatic rings. The van der Waals surface area contributed by atoms with E-state index < -0.39 is 0 Å². The molecule has 0 aliphatic carbocycles. The van der Waals surface area contributed by atoms with Crippen molar-refractivity contribution in [2.45, 2.75) is 6.92 Å². The molecule has 0 saturated heterocycles. The van der Waals surface area contributed by atoms with Gasteiger partial charge in [-0.15, -0.1) is 0 Å². The molecule has 0 saturated carbocycles. The average Bonchev–Trinajstić information content (AvgIpc) is 3.19. The number of rotatable bonds is 4. The first-order valence-corrected chi connectivity index (χ1v) is 9.88. The molecular weight excluding hydrogens is 407 g/mol. The summed E-state index contributed by atoms with van der Waals surface area (Å²) >= 11 is 0. The van der Waals surface area contributed by atoms with Crippen molar-refractivity contribution in [2.75, 3.05) is 5.32 Å². The number of hydrogen-bond donors (Lipinski definition) is 1. The SMILES string of the molecule is Cc1cc(C(=O)Nc2cc(-c3c(-c4ccc(F)cc4)nc4cccnn34)ccn2)ccn1. The molecule has 7 nitrogen and oxygen atoms in total. The van der Waals surface area contributed by atoms with Crippen molar-refractivity contribution in [1.29, 1.82) is 0 Å². The summed E-state index contributed by atoms with van der Waals surface area (Å²) in [6.07, 6.45) is 4.87. The number of carbonyl (C=O) groups is 1. The third kappa shape index (κ3) is 3.69. The largest absolute Gasteiger partial charge is 0.307 e. The van der Waals surface area contributed by atoms with Gasteiger partial charge in [-0.25, -0.2) is 18.9 Å². The molecule has 1 N–H and O–H groups in total. The fourth-order valence-electron chi connectivity index (χ4n) is 3.48. The first-order chi connectivity index (χ1) is 15.6. The number of hydrogen-bond acceptors (Lipinski definition) is 5. The molecule has 8 heteroatoms. The molecule has 0 spiro atoms. The van der Waals surface area contributed by atoms with Crippen LogP contribution in [0.15, 0.2) is 79.3 Å². The van der Waals surface area contributed by atoms with Crippen LogP contribution in [0, 0.1) is 12.7 Å². The molecule has 5 rings (SSSR count). The minimum atomic E-state index is -0.322. The van der Waals surface area contributed by atoms with Gasteiger partial charge in [0, 0.05) is 41.0 Å². The molecule has 4 heterocycles. The Morgan fingerprint density at radius 3 is 2.56 bits per heavy atom. The summed E-state index contributed by atoms with van der Waals surface area (Å²) in [6.45, 7) is 1.82. The zero-order chi connectivity index (χ0) is 22.1. The fourth-order valence-corrected chi connectivity index (χ4v) is 3.48. The topological polar surface area (TPSA) is 85.1 Å². The average molecular weight is 424 g/mol. The van der Waals surface area contributed by atoms with Crippen molar-refractivity contribution >= 4 is 17.4 Å². The summed E-state index contributed by atoms with van der Waals surface area (Å²) in [4.78, 5) is 25.8. The van der Waals surface area contributed by atoms with Gasteiger partial charge >= 0.3 is 0 Å². The molecule has 1 amide bonds. The lowest BCUT2D eigenvalue weighted by molar-refractivity contribution is 0.102. The van der Waals surface area contributed by atoms with Gasteiger partial charge in [-0.3, -0.25) is 9.78 Å². The highest BCUT2D eigenvalue weighted by atomic mass is 19.1. The number of fused-ring (bicyclic) bond motifs is 1. The highest BCUT2D eigenvalue weighted by Crippen LogP contribution is 2.33. The molecule has 32 heavy (non-hydrogen) atoms. The molecule has 0 atom stereocenters. The van der Waals surface area contributed by atoms with Gasteiger partial charge in [-0.05, 0) is 67.6 Å². The lowest BCUT2D eigenvalue weighted by Crippen LogP contribution is -2.13. The maximum Gasteiger partial charge on any atom is 0.256 e. The number of imidazole rings is 1. The van der Waals surface area contributed by atoms with Gasteiger partial charge in [0.2, 0.25) is 0 Å². The monoisotopic (exact) mass is 424 g/mol. The molecule has 1 aromatic carbocycles. The van der Waals surface area contributed by atoms with E-state index in [0.717, 1.165) is 16.8 Å². The molecule has 0 fully saturated rings. The van der Waals surface area contributed by atoms with E-state index in [9.17, 15) is 9.18 Å². The summed E-state index contributed by atoms with van der Waals surface area (Å²) in [7, 11) is 0. The molecule has 4 aromatic heterocycles. The predicted molar refractivity (Wildman–Crippen MR) is 119 cm³/mol. The normalized spacial score (nSPS) is 10.9. The van der Waals surface area contributed by atoms with Gasteiger partial charge in [0.1, 0.15) is 17.3 Å². The van der Waals surface area contributed by atoms with Crippen molar-refractivity contribution in [2.24, 2.45) is 0 Å². The van der Waals surface area contributed by atoms with Gasteiger partial charge in [-0.1, -0.05) is 0 Å². The van der Waals surface area contributed by atoms with Crippen LogP contribution >= 0.6 is 0 Å². The van der Waals surface area contributed by atoms with Crippen LogP contribution in [0.1, 0.15) is 16.1 Å². The Kier molecular flexibility index (Phi) is 4.87. The number of anilines is 1. The number of nitrogens with one attached hydrogen (secondary N) is 1. The van der Waals surface area contributed by atoms with E-state index in [1.807, 2.05) is 19.1 Å². The van der Waals surface area contributed by atoms with Gasteiger partial charge in [-0.2, -0.15) is 5.10 Å². The molecule has 0 radical (unpaired) electrons. The highest BCUT2D eigenvalue weighted by molar-refractivity contribution is 6.04. The summed E-state index contributed by atoms with van der Waals surface area (Å²) in [5, 5.41) is 7.26. The minimum absolute atomic E-state index is 0.282. The van der Waals surface area contributed by atoms with E-state index in [4.69, 9.17) is 4.98 Å². The Morgan fingerprint density at radius 1 is 0.938 bits per heavy atom. The fraction of sp³-hybridized carbons (Fsp3) is 0.0417. The van der Waals surface area contributed by atoms with Crippen molar-refractivity contribution in [1.82, 2.24) is 24.6 Å². The lowest BCUT2D eigenvalue weighted by Gasteiger charge is -2.08. The van der Waals surface area contributed by atoms with E-state index in [2.05, 4.69) is 20.4 Å². The van der Waals surface area contributed by atoms with E-state index in [1.54, 1.807) is 59.5 Å². The number of aromatic nitrogens is 5. The second-order valence-electron chi connectivity index (χ2n) is 7.18. The third-order valence-corrected chi connectivity index (χ3v) is 4.94. The van der Waals surface area contributed by atoms with Crippen molar-refractivity contribution < 1.29 is 9.18 Å². The summed E-state index contributed by atoms with van der Waals surface area (Å²) in [5.41, 5.74) is 4.76. The third-order valence-electron chi connectivity index (χ3n) is 4.94. The van der Waals surface area contributed by atoms with Crippen LogP contribution in [0.4, 0.5) is 10.2 Å². The van der Waals surface area contributed by atoms with Gasteiger partial charge in [0.25, 0.3) is 5.91 Å². The van der Waals surface area contributed by atoms with Crippen molar-refractivity contribution in [3.63, 3.8) is 0 Å². The lowest BCUT2D eigenvalue weighted by atomic mass is 10.1. The van der Waals surface area contributed by atoms with E-state index in [-0.39, 0.29) is 11.7 Å². The first kappa shape index (κ1) is 19.5. The zero-order valence-electron chi connectivity index (χ0n) is 17.0. The number of nitrogens with zero attached hydrogens (tertiary/aromatic N) is 5. The van der Waals surface area contributed by atoms with Crippen molar-refractivity contribution in [3.05, 3.63) is 96.3 Å². The second kappa shape index (κ2) is 7.99. The number of carbonyl (C=O) groups excluding carboxylic acids is 1. The molecule has 0 aliphatic heterocycles. The van der Waals surface area contributed by atoms with E-state index in [0.29, 0.717) is 28.4 Å².